The maximum atomic E-state index is 12.5. The molecule has 1 aliphatic heterocycles. The van der Waals surface area contributed by atoms with Crippen LogP contribution in [0.2, 0.25) is 0 Å². The highest BCUT2D eigenvalue weighted by atomic mass is 16.3. The van der Waals surface area contributed by atoms with E-state index in [-0.39, 0.29) is 18.4 Å². The number of nitrogens with zero attached hydrogens (tertiary/aromatic N) is 3. The van der Waals surface area contributed by atoms with Crippen molar-refractivity contribution in [2.24, 2.45) is 0 Å². The zero-order chi connectivity index (χ0) is 15.4. The minimum Gasteiger partial charge on any atom is -0.391 e. The maximum absolute atomic E-state index is 12.5. The van der Waals surface area contributed by atoms with Gasteiger partial charge in [0.2, 0.25) is 5.91 Å². The van der Waals surface area contributed by atoms with Gasteiger partial charge in [0, 0.05) is 30.8 Å². The van der Waals surface area contributed by atoms with Crippen molar-refractivity contribution in [1.29, 1.82) is 0 Å². The first-order chi connectivity index (χ1) is 10.7. The Kier molecular flexibility index (Phi) is 4.44. The molecule has 1 fully saturated rings. The van der Waals surface area contributed by atoms with Crippen LogP contribution in [0.4, 0.5) is 0 Å². The predicted octanol–water partition coefficient (Wildman–Crippen LogP) is 1.22. The van der Waals surface area contributed by atoms with Gasteiger partial charge in [0.1, 0.15) is 0 Å². The van der Waals surface area contributed by atoms with Crippen molar-refractivity contribution in [1.82, 2.24) is 14.9 Å². The Balaban J connectivity index is 1.70. The van der Waals surface area contributed by atoms with Gasteiger partial charge in [-0.25, -0.2) is 0 Å². The van der Waals surface area contributed by atoms with Crippen LogP contribution in [-0.2, 0) is 17.6 Å². The summed E-state index contributed by atoms with van der Waals surface area (Å²) in [6.07, 6.45) is 6.24. The number of aliphatic hydroxyl groups excluding tert-OH is 1. The molecule has 0 unspecified atom stereocenters. The highest BCUT2D eigenvalue weighted by molar-refractivity contribution is 5.79. The second-order valence-corrected chi connectivity index (χ2v) is 5.57. The first-order valence-electron chi connectivity index (χ1n) is 7.50. The Bertz CT molecular complexity index is 618. The molecule has 2 aromatic rings. The molecule has 0 aliphatic carbocycles. The average Bonchev–Trinajstić information content (AvgIpc) is 2.90. The normalized spacial score (nSPS) is 21.0. The summed E-state index contributed by atoms with van der Waals surface area (Å²) >= 11 is 0. The molecule has 3 rings (SSSR count). The van der Waals surface area contributed by atoms with E-state index in [1.165, 1.54) is 0 Å². The van der Waals surface area contributed by atoms with Crippen LogP contribution >= 0.6 is 0 Å². The molecule has 114 valence electrons. The summed E-state index contributed by atoms with van der Waals surface area (Å²) in [5, 5.41) is 10.2. The molecule has 0 aromatic carbocycles. The molecule has 1 N–H and O–H groups in total. The third kappa shape index (κ3) is 3.31. The van der Waals surface area contributed by atoms with Gasteiger partial charge >= 0.3 is 0 Å². The molecule has 22 heavy (non-hydrogen) atoms. The lowest BCUT2D eigenvalue weighted by atomic mass is 10.0. The van der Waals surface area contributed by atoms with Crippen LogP contribution < -0.4 is 0 Å². The molecule has 0 bridgehead atoms. The summed E-state index contributed by atoms with van der Waals surface area (Å²) < 4.78 is 0. The van der Waals surface area contributed by atoms with Crippen LogP contribution in [0.25, 0.3) is 0 Å². The van der Waals surface area contributed by atoms with E-state index in [4.69, 9.17) is 0 Å². The van der Waals surface area contributed by atoms with Crippen molar-refractivity contribution >= 4 is 5.91 Å². The van der Waals surface area contributed by atoms with Crippen molar-refractivity contribution in [3.8, 4) is 0 Å². The molecule has 1 aliphatic rings. The number of hydrogen-bond donors (Lipinski definition) is 1. The molecule has 0 saturated carbocycles. The van der Waals surface area contributed by atoms with E-state index in [9.17, 15) is 9.90 Å². The van der Waals surface area contributed by atoms with Gasteiger partial charge in [-0.1, -0.05) is 12.1 Å². The van der Waals surface area contributed by atoms with E-state index in [0.717, 1.165) is 11.3 Å². The van der Waals surface area contributed by atoms with Gasteiger partial charge in [0.15, 0.2) is 0 Å². The van der Waals surface area contributed by atoms with Crippen molar-refractivity contribution in [2.75, 3.05) is 6.54 Å². The quantitative estimate of drug-likeness (QED) is 0.921. The molecule has 3 heterocycles. The molecular weight excluding hydrogens is 278 g/mol. The predicted molar refractivity (Wildman–Crippen MR) is 82.0 cm³/mol. The Labute approximate surface area is 129 Å². The van der Waals surface area contributed by atoms with Crippen LogP contribution in [0.5, 0.6) is 0 Å². The van der Waals surface area contributed by atoms with Gasteiger partial charge in [0.25, 0.3) is 0 Å². The Morgan fingerprint density at radius 3 is 2.91 bits per heavy atom. The lowest BCUT2D eigenvalue weighted by Gasteiger charge is -2.26. The van der Waals surface area contributed by atoms with Crippen LogP contribution in [0.3, 0.4) is 0 Å². The van der Waals surface area contributed by atoms with E-state index >= 15 is 0 Å². The average molecular weight is 297 g/mol. The van der Waals surface area contributed by atoms with E-state index in [1.807, 2.05) is 30.3 Å². The molecule has 0 spiro atoms. The first-order valence-corrected chi connectivity index (χ1v) is 7.50. The van der Waals surface area contributed by atoms with E-state index in [2.05, 4.69) is 9.97 Å². The minimum atomic E-state index is -0.479. The molecule has 1 saturated heterocycles. The van der Waals surface area contributed by atoms with Crippen molar-refractivity contribution in [3.05, 3.63) is 60.2 Å². The summed E-state index contributed by atoms with van der Waals surface area (Å²) in [6.45, 7) is 0.595. The van der Waals surface area contributed by atoms with E-state index in [0.29, 0.717) is 19.4 Å². The van der Waals surface area contributed by atoms with Gasteiger partial charge in [-0.05, 0) is 36.6 Å². The molecule has 2 aromatic heterocycles. The summed E-state index contributed by atoms with van der Waals surface area (Å²) in [6, 6.07) is 9.22. The summed E-state index contributed by atoms with van der Waals surface area (Å²) in [5.41, 5.74) is 1.79. The Hall–Kier alpha value is -2.27. The standard InChI is InChI=1S/C17H19N3O2/c21-16-6-9-20(15(16)10-13-4-3-7-18-12-13)17(22)11-14-5-1-2-8-19-14/h1-5,7-8,12,15-16,21H,6,9-11H2/t15-,16-/m0/s1. The number of amides is 1. The van der Waals surface area contributed by atoms with Crippen molar-refractivity contribution in [3.63, 3.8) is 0 Å². The second-order valence-electron chi connectivity index (χ2n) is 5.57. The first kappa shape index (κ1) is 14.7. The number of pyridine rings is 2. The van der Waals surface area contributed by atoms with Crippen molar-refractivity contribution < 1.29 is 9.90 Å². The fraction of sp³-hybridized carbons (Fsp3) is 0.353. The molecule has 5 heteroatoms. The molecule has 0 radical (unpaired) electrons. The fourth-order valence-electron chi connectivity index (χ4n) is 2.91. The number of carbonyl (C=O) groups excluding carboxylic acids is 1. The SMILES string of the molecule is O=C(Cc1ccccn1)N1CC[C@H](O)[C@@H]1Cc1cccnc1. The second kappa shape index (κ2) is 6.66. The van der Waals surface area contributed by atoms with Gasteiger partial charge in [-0.3, -0.25) is 14.8 Å². The maximum Gasteiger partial charge on any atom is 0.228 e. The smallest absolute Gasteiger partial charge is 0.228 e. The number of rotatable bonds is 4. The minimum absolute atomic E-state index is 0.0177. The fourth-order valence-corrected chi connectivity index (χ4v) is 2.91. The van der Waals surface area contributed by atoms with Crippen molar-refractivity contribution in [2.45, 2.75) is 31.4 Å². The zero-order valence-corrected chi connectivity index (χ0v) is 12.3. The zero-order valence-electron chi connectivity index (χ0n) is 12.3. The van der Waals surface area contributed by atoms with E-state index < -0.39 is 6.10 Å². The molecule has 1 amide bonds. The highest BCUT2D eigenvalue weighted by Crippen LogP contribution is 2.22. The van der Waals surface area contributed by atoms with Crippen LogP contribution in [-0.4, -0.2) is 44.6 Å². The number of hydrogen-bond acceptors (Lipinski definition) is 4. The number of likely N-dealkylation sites (tertiary alicyclic amines) is 1. The lowest BCUT2D eigenvalue weighted by molar-refractivity contribution is -0.132. The summed E-state index contributed by atoms with van der Waals surface area (Å²) in [5.74, 6) is 0.0177. The third-order valence-corrected chi connectivity index (χ3v) is 4.06. The van der Waals surface area contributed by atoms with Crippen LogP contribution in [0.1, 0.15) is 17.7 Å². The van der Waals surface area contributed by atoms with Gasteiger partial charge in [-0.15, -0.1) is 0 Å². The van der Waals surface area contributed by atoms with Gasteiger partial charge < -0.3 is 10.0 Å². The monoisotopic (exact) mass is 297 g/mol. The number of aromatic nitrogens is 2. The topological polar surface area (TPSA) is 66.3 Å². The van der Waals surface area contributed by atoms with Gasteiger partial charge in [-0.2, -0.15) is 0 Å². The third-order valence-electron chi connectivity index (χ3n) is 4.06. The summed E-state index contributed by atoms with van der Waals surface area (Å²) in [4.78, 5) is 22.6. The molecule has 2 atom stereocenters. The van der Waals surface area contributed by atoms with Crippen LogP contribution in [0.15, 0.2) is 48.9 Å². The Morgan fingerprint density at radius 1 is 1.27 bits per heavy atom. The van der Waals surface area contributed by atoms with E-state index in [1.54, 1.807) is 23.5 Å². The summed E-state index contributed by atoms with van der Waals surface area (Å²) in [7, 11) is 0. The largest absolute Gasteiger partial charge is 0.391 e. The number of carbonyl (C=O) groups is 1. The lowest BCUT2D eigenvalue weighted by Crippen LogP contribution is -2.41. The highest BCUT2D eigenvalue weighted by Gasteiger charge is 2.35. The number of aliphatic hydroxyl groups is 1. The molecule has 5 nitrogen and oxygen atoms in total. The molecular formula is C17H19N3O2. The van der Waals surface area contributed by atoms with Gasteiger partial charge in [0.05, 0.1) is 18.6 Å². The van der Waals surface area contributed by atoms with Crippen LogP contribution in [0, 0.1) is 0 Å². The Morgan fingerprint density at radius 2 is 2.18 bits per heavy atom.